The summed E-state index contributed by atoms with van der Waals surface area (Å²) in [6, 6.07) is 7.57. The van der Waals surface area contributed by atoms with Gasteiger partial charge >= 0.3 is 0 Å². The maximum absolute atomic E-state index is 11.3. The molecular weight excluding hydrogens is 314 g/mol. The van der Waals surface area contributed by atoms with E-state index in [1.54, 1.807) is 23.1 Å². The molecule has 0 fully saturated rings. The van der Waals surface area contributed by atoms with Crippen molar-refractivity contribution in [1.82, 2.24) is 19.7 Å². The van der Waals surface area contributed by atoms with Crippen LogP contribution >= 0.6 is 0 Å². The van der Waals surface area contributed by atoms with E-state index in [1.807, 2.05) is 45.0 Å². The van der Waals surface area contributed by atoms with Gasteiger partial charge in [0.05, 0.1) is 16.7 Å². The Balaban J connectivity index is 2.19. The predicted molar refractivity (Wildman–Crippen MR) is 98.7 cm³/mol. The Hall–Kier alpha value is -3.15. The molecular formula is C19H19N5O. The van der Waals surface area contributed by atoms with Crippen LogP contribution in [0.5, 0.6) is 0 Å². The molecule has 0 saturated heterocycles. The van der Waals surface area contributed by atoms with Crippen molar-refractivity contribution in [2.75, 3.05) is 0 Å². The first-order valence-electron chi connectivity index (χ1n) is 8.13. The Morgan fingerprint density at radius 1 is 1.20 bits per heavy atom. The normalized spacial score (nSPS) is 12.6. The standard InChI is InChI=1S/C19H19N5O/c1-4-13(3)22-19(5-2)24-18(11-15(12-25)23-24)14-6-7-16-17(10-14)21-9-8-20-16/h4,6-12H,5H2,1-3H3/b13-4-,22-19+. The first kappa shape index (κ1) is 16.7. The number of rotatable bonds is 4. The van der Waals surface area contributed by atoms with Gasteiger partial charge in [0.1, 0.15) is 11.5 Å². The number of aliphatic imine (C=N–C) groups is 1. The number of carbonyl (C=O) groups excluding carboxylic acids is 1. The Labute approximate surface area is 146 Å². The van der Waals surface area contributed by atoms with E-state index in [9.17, 15) is 4.79 Å². The highest BCUT2D eigenvalue weighted by atomic mass is 16.1. The van der Waals surface area contributed by atoms with Crippen LogP contribution in [0.15, 0.2) is 53.4 Å². The number of hydrogen-bond donors (Lipinski definition) is 0. The van der Waals surface area contributed by atoms with Crippen molar-refractivity contribution >= 4 is 23.2 Å². The van der Waals surface area contributed by atoms with E-state index in [-0.39, 0.29) is 0 Å². The Morgan fingerprint density at radius 2 is 1.96 bits per heavy atom. The number of nitrogens with zero attached hydrogens (tertiary/aromatic N) is 5. The van der Waals surface area contributed by atoms with Crippen LogP contribution in [0, 0.1) is 0 Å². The molecule has 0 amide bonds. The summed E-state index contributed by atoms with van der Waals surface area (Å²) in [5.41, 5.74) is 4.60. The smallest absolute Gasteiger partial charge is 0.170 e. The van der Waals surface area contributed by atoms with Crippen molar-refractivity contribution in [2.45, 2.75) is 27.2 Å². The first-order chi connectivity index (χ1) is 12.2. The molecule has 3 aromatic rings. The van der Waals surface area contributed by atoms with E-state index in [4.69, 9.17) is 0 Å². The third kappa shape index (κ3) is 3.38. The number of hydrogen-bond acceptors (Lipinski definition) is 5. The minimum Gasteiger partial charge on any atom is -0.296 e. The molecule has 0 radical (unpaired) electrons. The summed E-state index contributed by atoms with van der Waals surface area (Å²) in [4.78, 5) is 24.5. The van der Waals surface area contributed by atoms with Gasteiger partial charge in [0.2, 0.25) is 0 Å². The van der Waals surface area contributed by atoms with Crippen LogP contribution in [0.4, 0.5) is 0 Å². The van der Waals surface area contributed by atoms with E-state index in [0.717, 1.165) is 40.1 Å². The van der Waals surface area contributed by atoms with Gasteiger partial charge in [-0.25, -0.2) is 9.67 Å². The Kier molecular flexibility index (Phi) is 4.79. The van der Waals surface area contributed by atoms with Crippen molar-refractivity contribution in [2.24, 2.45) is 4.99 Å². The van der Waals surface area contributed by atoms with E-state index >= 15 is 0 Å². The Bertz CT molecular complexity index is 984. The van der Waals surface area contributed by atoms with Crippen LogP contribution in [0.2, 0.25) is 0 Å². The molecule has 0 bridgehead atoms. The lowest BCUT2D eigenvalue weighted by Crippen LogP contribution is -2.14. The molecule has 3 rings (SSSR count). The number of fused-ring (bicyclic) bond motifs is 1. The number of carbonyl (C=O) groups is 1. The van der Waals surface area contributed by atoms with E-state index < -0.39 is 0 Å². The van der Waals surface area contributed by atoms with Crippen molar-refractivity contribution in [3.8, 4) is 11.3 Å². The second-order valence-corrected chi connectivity index (χ2v) is 5.56. The molecule has 0 aliphatic carbocycles. The topological polar surface area (TPSA) is 73.0 Å². The zero-order valence-corrected chi connectivity index (χ0v) is 14.5. The average Bonchev–Trinajstić information content (AvgIpc) is 3.09. The van der Waals surface area contributed by atoms with E-state index in [0.29, 0.717) is 12.1 Å². The molecule has 25 heavy (non-hydrogen) atoms. The lowest BCUT2D eigenvalue weighted by molar-refractivity contribution is 0.111. The highest BCUT2D eigenvalue weighted by molar-refractivity contribution is 5.91. The first-order valence-corrected chi connectivity index (χ1v) is 8.13. The maximum Gasteiger partial charge on any atom is 0.170 e. The highest BCUT2D eigenvalue weighted by Crippen LogP contribution is 2.24. The SMILES string of the molecule is C/C=C(C)\N=C(/CC)n1nc(C=O)cc1-c1ccc2nccnc2c1. The molecule has 1 aromatic carbocycles. The zero-order valence-electron chi connectivity index (χ0n) is 14.5. The lowest BCUT2D eigenvalue weighted by atomic mass is 10.1. The molecule has 0 aliphatic rings. The molecule has 126 valence electrons. The van der Waals surface area contributed by atoms with Gasteiger partial charge in [-0.05, 0) is 32.0 Å². The summed E-state index contributed by atoms with van der Waals surface area (Å²) >= 11 is 0. The third-order valence-corrected chi connectivity index (χ3v) is 3.90. The van der Waals surface area contributed by atoms with Gasteiger partial charge in [-0.3, -0.25) is 14.8 Å². The molecule has 6 nitrogen and oxygen atoms in total. The largest absolute Gasteiger partial charge is 0.296 e. The van der Waals surface area contributed by atoms with Crippen LogP contribution in [-0.2, 0) is 0 Å². The van der Waals surface area contributed by atoms with Gasteiger partial charge in [0, 0.05) is 30.1 Å². The van der Waals surface area contributed by atoms with Crippen LogP contribution < -0.4 is 0 Å². The quantitative estimate of drug-likeness (QED) is 0.412. The van der Waals surface area contributed by atoms with Gasteiger partial charge in [-0.1, -0.05) is 19.1 Å². The fourth-order valence-electron chi connectivity index (χ4n) is 2.53. The van der Waals surface area contributed by atoms with Crippen LogP contribution in [-0.4, -0.2) is 31.9 Å². The molecule has 2 aromatic heterocycles. The summed E-state index contributed by atoms with van der Waals surface area (Å²) in [6.07, 6.45) is 6.69. The van der Waals surface area contributed by atoms with Crippen LogP contribution in [0.1, 0.15) is 37.7 Å². The molecule has 6 heteroatoms. The predicted octanol–water partition coefficient (Wildman–Crippen LogP) is 3.89. The zero-order chi connectivity index (χ0) is 17.8. The maximum atomic E-state index is 11.3. The van der Waals surface area contributed by atoms with Crippen molar-refractivity contribution in [1.29, 1.82) is 0 Å². The van der Waals surface area contributed by atoms with E-state index in [2.05, 4.69) is 20.1 Å². The van der Waals surface area contributed by atoms with Crippen molar-refractivity contribution in [3.05, 3.63) is 54.1 Å². The summed E-state index contributed by atoms with van der Waals surface area (Å²) < 4.78 is 1.73. The molecule has 0 spiro atoms. The van der Waals surface area contributed by atoms with Gasteiger partial charge in [-0.15, -0.1) is 0 Å². The number of aromatic nitrogens is 4. The lowest BCUT2D eigenvalue weighted by Gasteiger charge is -2.10. The molecule has 0 atom stereocenters. The Morgan fingerprint density at radius 3 is 2.64 bits per heavy atom. The second-order valence-electron chi connectivity index (χ2n) is 5.56. The van der Waals surface area contributed by atoms with E-state index in [1.165, 1.54) is 0 Å². The number of aldehydes is 1. The summed E-state index contributed by atoms with van der Waals surface area (Å²) in [7, 11) is 0. The monoisotopic (exact) mass is 333 g/mol. The van der Waals surface area contributed by atoms with Gasteiger partial charge in [0.25, 0.3) is 0 Å². The number of benzene rings is 1. The molecule has 0 aliphatic heterocycles. The van der Waals surface area contributed by atoms with Gasteiger partial charge in [0.15, 0.2) is 6.29 Å². The summed E-state index contributed by atoms with van der Waals surface area (Å²) in [6.45, 7) is 5.89. The minimum absolute atomic E-state index is 0.369. The minimum atomic E-state index is 0.369. The second kappa shape index (κ2) is 7.17. The van der Waals surface area contributed by atoms with Crippen LogP contribution in [0.3, 0.4) is 0 Å². The van der Waals surface area contributed by atoms with Crippen LogP contribution in [0.25, 0.3) is 22.3 Å². The van der Waals surface area contributed by atoms with Crippen molar-refractivity contribution in [3.63, 3.8) is 0 Å². The average molecular weight is 333 g/mol. The summed E-state index contributed by atoms with van der Waals surface area (Å²) in [5.74, 6) is 0.776. The summed E-state index contributed by atoms with van der Waals surface area (Å²) in [5, 5.41) is 4.40. The van der Waals surface area contributed by atoms with Gasteiger partial charge < -0.3 is 0 Å². The third-order valence-electron chi connectivity index (χ3n) is 3.90. The molecule has 0 N–H and O–H groups in total. The fraction of sp³-hybridized carbons (Fsp3) is 0.211. The van der Waals surface area contributed by atoms with Gasteiger partial charge in [-0.2, -0.15) is 5.10 Å². The number of allylic oxidation sites excluding steroid dienone is 2. The molecule has 0 unspecified atom stereocenters. The molecule has 0 saturated carbocycles. The highest BCUT2D eigenvalue weighted by Gasteiger charge is 2.14. The molecule has 2 heterocycles. The van der Waals surface area contributed by atoms with Crippen molar-refractivity contribution < 1.29 is 4.79 Å². The fourth-order valence-corrected chi connectivity index (χ4v) is 2.53.